The van der Waals surface area contributed by atoms with E-state index in [1.807, 2.05) is 66.7 Å². The van der Waals surface area contributed by atoms with E-state index in [9.17, 15) is 4.79 Å². The Kier molecular flexibility index (Phi) is 3.88. The van der Waals surface area contributed by atoms with Gasteiger partial charge in [0.1, 0.15) is 10.8 Å². The summed E-state index contributed by atoms with van der Waals surface area (Å²) in [5.74, 6) is 0. The Morgan fingerprint density at radius 1 is 0.889 bits per heavy atom. The third-order valence-corrected chi connectivity index (χ3v) is 5.96. The molecular weight excluding hydrogens is 378 g/mol. The Bertz CT molecular complexity index is 1390. The summed E-state index contributed by atoms with van der Waals surface area (Å²) in [7, 11) is 0. The van der Waals surface area contributed by atoms with Crippen molar-refractivity contribution in [3.8, 4) is 0 Å². The summed E-state index contributed by atoms with van der Waals surface area (Å²) >= 11 is 7.97. The van der Waals surface area contributed by atoms with Crippen LogP contribution in [0.25, 0.3) is 15.9 Å². The Balaban J connectivity index is 2.06. The predicted molar refractivity (Wildman–Crippen MR) is 109 cm³/mol. The third kappa shape index (κ3) is 2.69. The molecule has 0 atom stereocenters. The lowest BCUT2D eigenvalue weighted by Gasteiger charge is -2.09. The van der Waals surface area contributed by atoms with E-state index in [1.165, 1.54) is 11.8 Å². The van der Waals surface area contributed by atoms with Gasteiger partial charge >= 0.3 is 5.63 Å². The Morgan fingerprint density at radius 3 is 2.52 bits per heavy atom. The van der Waals surface area contributed by atoms with Crippen LogP contribution in [-0.4, -0.2) is 0 Å². The smallest absolute Gasteiger partial charge is 0.346 e. The maximum Gasteiger partial charge on any atom is 0.346 e. The minimum atomic E-state index is -0.414. The number of hydrogen-bond donors (Lipinski definition) is 0. The zero-order valence-corrected chi connectivity index (χ0v) is 15.6. The third-order valence-electron chi connectivity index (χ3n) is 4.44. The van der Waals surface area contributed by atoms with E-state index in [4.69, 9.17) is 21.0 Å². The SMILES string of the molecule is O=c1oc2ccccc2c2c1=C(c1ccccc1Cl)Sc1ccccc1N=2. The van der Waals surface area contributed by atoms with Crippen molar-refractivity contribution >= 4 is 44.9 Å². The zero-order valence-electron chi connectivity index (χ0n) is 14.0. The second kappa shape index (κ2) is 6.41. The number of thioether (sulfide) groups is 1. The van der Waals surface area contributed by atoms with Crippen molar-refractivity contribution in [2.45, 2.75) is 4.90 Å². The molecule has 4 aromatic rings. The molecule has 2 heterocycles. The van der Waals surface area contributed by atoms with Gasteiger partial charge in [0.15, 0.2) is 0 Å². The fraction of sp³-hybridized carbons (Fsp3) is 0. The number of para-hydroxylation sites is 2. The van der Waals surface area contributed by atoms with Crippen LogP contribution in [0.1, 0.15) is 5.56 Å². The molecule has 1 aliphatic rings. The van der Waals surface area contributed by atoms with Gasteiger partial charge in [0.2, 0.25) is 0 Å². The number of nitrogens with zero attached hydrogens (tertiary/aromatic N) is 1. The number of rotatable bonds is 1. The van der Waals surface area contributed by atoms with Gasteiger partial charge in [-0.05, 0) is 30.3 Å². The van der Waals surface area contributed by atoms with Crippen molar-refractivity contribution in [2.24, 2.45) is 4.99 Å². The summed E-state index contributed by atoms with van der Waals surface area (Å²) in [6.07, 6.45) is 0. The molecule has 1 aliphatic heterocycles. The molecule has 5 rings (SSSR count). The van der Waals surface area contributed by atoms with Crippen molar-refractivity contribution in [1.82, 2.24) is 0 Å². The Hall–Kier alpha value is -2.82. The van der Waals surface area contributed by atoms with Gasteiger partial charge in [-0.1, -0.05) is 65.8 Å². The first-order valence-electron chi connectivity index (χ1n) is 8.39. The quantitative estimate of drug-likeness (QED) is 0.445. The lowest BCUT2D eigenvalue weighted by atomic mass is 10.1. The number of fused-ring (bicyclic) bond motifs is 4. The highest BCUT2D eigenvalue weighted by molar-refractivity contribution is 8.08. The van der Waals surface area contributed by atoms with E-state index in [2.05, 4.69) is 0 Å². The average Bonchev–Trinajstić information content (AvgIpc) is 2.86. The molecule has 1 aromatic heterocycles. The first kappa shape index (κ1) is 16.4. The molecule has 0 amide bonds. The first-order chi connectivity index (χ1) is 13.2. The molecule has 27 heavy (non-hydrogen) atoms. The molecule has 0 fully saturated rings. The number of benzene rings is 3. The van der Waals surface area contributed by atoms with Gasteiger partial charge in [-0.3, -0.25) is 0 Å². The Labute approximate surface area is 163 Å². The molecule has 0 spiro atoms. The van der Waals surface area contributed by atoms with Gasteiger partial charge in [0.05, 0.1) is 11.0 Å². The number of halogens is 1. The molecule has 5 heteroatoms. The van der Waals surface area contributed by atoms with Crippen LogP contribution < -0.4 is 16.2 Å². The molecule has 0 bridgehead atoms. The van der Waals surface area contributed by atoms with Crippen molar-refractivity contribution in [1.29, 1.82) is 0 Å². The van der Waals surface area contributed by atoms with Crippen molar-refractivity contribution < 1.29 is 4.42 Å². The molecule has 0 unspecified atom stereocenters. The zero-order chi connectivity index (χ0) is 18.4. The van der Waals surface area contributed by atoms with Gasteiger partial charge in [-0.15, -0.1) is 0 Å². The van der Waals surface area contributed by atoms with Crippen molar-refractivity contribution in [2.75, 3.05) is 0 Å². The highest BCUT2D eigenvalue weighted by Crippen LogP contribution is 2.40. The lowest BCUT2D eigenvalue weighted by Crippen LogP contribution is -2.40. The first-order valence-corrected chi connectivity index (χ1v) is 9.58. The molecule has 3 nitrogen and oxygen atoms in total. The van der Waals surface area contributed by atoms with Crippen LogP contribution in [0.15, 0.2) is 91.9 Å². The van der Waals surface area contributed by atoms with E-state index in [0.717, 1.165) is 26.4 Å². The summed E-state index contributed by atoms with van der Waals surface area (Å²) in [6.45, 7) is 0. The minimum Gasteiger partial charge on any atom is -0.422 e. The van der Waals surface area contributed by atoms with Crippen LogP contribution in [-0.2, 0) is 0 Å². The fourth-order valence-corrected chi connectivity index (χ4v) is 4.64. The molecular formula is C22H12ClNO2S. The highest BCUT2D eigenvalue weighted by Gasteiger charge is 2.19. The Morgan fingerprint density at radius 2 is 1.63 bits per heavy atom. The summed E-state index contributed by atoms with van der Waals surface area (Å²) in [4.78, 5) is 19.5. The molecule has 0 saturated heterocycles. The second-order valence-electron chi connectivity index (χ2n) is 6.10. The van der Waals surface area contributed by atoms with Crippen LogP contribution in [0, 0.1) is 0 Å². The van der Waals surface area contributed by atoms with Gasteiger partial charge in [0.25, 0.3) is 0 Å². The highest BCUT2D eigenvalue weighted by atomic mass is 35.5. The van der Waals surface area contributed by atoms with Crippen molar-refractivity contribution in [3.63, 3.8) is 0 Å². The summed E-state index contributed by atoms with van der Waals surface area (Å²) in [5, 5.41) is 2.45. The van der Waals surface area contributed by atoms with Gasteiger partial charge in [-0.2, -0.15) is 0 Å². The summed E-state index contributed by atoms with van der Waals surface area (Å²) in [5.41, 5.74) is 1.72. The van der Waals surface area contributed by atoms with Crippen LogP contribution in [0.5, 0.6) is 0 Å². The van der Waals surface area contributed by atoms with Crippen LogP contribution in [0.3, 0.4) is 0 Å². The standard InChI is InChI=1S/C22H12ClNO2S/c23-15-9-3-1-7-13(15)21-19-20(24-16-10-4-6-12-18(16)27-21)14-8-2-5-11-17(14)26-22(19)25/h1-12H. The van der Waals surface area contributed by atoms with E-state index in [0.29, 0.717) is 21.2 Å². The lowest BCUT2D eigenvalue weighted by molar-refractivity contribution is 0.552. The fourth-order valence-electron chi connectivity index (χ4n) is 3.20. The molecule has 0 N–H and O–H groups in total. The van der Waals surface area contributed by atoms with Gasteiger partial charge < -0.3 is 4.42 Å². The van der Waals surface area contributed by atoms with Crippen molar-refractivity contribution in [3.05, 3.63) is 104 Å². The second-order valence-corrected chi connectivity index (χ2v) is 7.56. The van der Waals surface area contributed by atoms with E-state index >= 15 is 0 Å². The van der Waals surface area contributed by atoms with E-state index < -0.39 is 5.63 Å². The predicted octanol–water partition coefficient (Wildman–Crippen LogP) is 4.66. The van der Waals surface area contributed by atoms with Crippen LogP contribution >= 0.6 is 23.4 Å². The van der Waals surface area contributed by atoms with E-state index in [1.54, 1.807) is 6.07 Å². The largest absolute Gasteiger partial charge is 0.422 e. The molecule has 0 radical (unpaired) electrons. The average molecular weight is 390 g/mol. The van der Waals surface area contributed by atoms with Crippen LogP contribution in [0.2, 0.25) is 5.02 Å². The molecule has 3 aromatic carbocycles. The topological polar surface area (TPSA) is 42.6 Å². The number of hydrogen-bond acceptors (Lipinski definition) is 4. The maximum atomic E-state index is 13.0. The van der Waals surface area contributed by atoms with Crippen LogP contribution in [0.4, 0.5) is 5.69 Å². The normalized spacial score (nSPS) is 12.9. The van der Waals surface area contributed by atoms with E-state index in [-0.39, 0.29) is 0 Å². The van der Waals surface area contributed by atoms with Gasteiger partial charge in [0, 0.05) is 25.8 Å². The minimum absolute atomic E-state index is 0.414. The maximum absolute atomic E-state index is 13.0. The molecule has 130 valence electrons. The van der Waals surface area contributed by atoms with Gasteiger partial charge in [-0.25, -0.2) is 9.79 Å². The monoisotopic (exact) mass is 389 g/mol. The summed E-state index contributed by atoms with van der Waals surface area (Å²) in [6, 6.07) is 22.8. The summed E-state index contributed by atoms with van der Waals surface area (Å²) < 4.78 is 5.61. The molecule has 0 saturated carbocycles. The molecule has 0 aliphatic carbocycles.